The van der Waals surface area contributed by atoms with Crippen LogP contribution in [-0.4, -0.2) is 40.1 Å². The van der Waals surface area contributed by atoms with Gasteiger partial charge in [0.05, 0.1) is 11.0 Å². The van der Waals surface area contributed by atoms with Gasteiger partial charge in [0.15, 0.2) is 0 Å². The summed E-state index contributed by atoms with van der Waals surface area (Å²) in [6.45, 7) is 3.13. The number of fused-ring (bicyclic) bond motifs is 1. The topological polar surface area (TPSA) is 75.7 Å². The van der Waals surface area contributed by atoms with Crippen LogP contribution >= 0.6 is 0 Å². The monoisotopic (exact) mass is 324 g/mol. The van der Waals surface area contributed by atoms with Gasteiger partial charge in [0, 0.05) is 32.3 Å². The summed E-state index contributed by atoms with van der Waals surface area (Å²) in [4.78, 5) is 13.4. The molecule has 0 aromatic heterocycles. The van der Waals surface area contributed by atoms with Gasteiger partial charge in [-0.1, -0.05) is 0 Å². The van der Waals surface area contributed by atoms with Crippen molar-refractivity contribution in [1.82, 2.24) is 4.72 Å². The summed E-state index contributed by atoms with van der Waals surface area (Å²) in [7, 11) is -3.54. The Morgan fingerprint density at radius 1 is 1.45 bits per heavy atom. The Hall–Kier alpha value is -1.44. The highest BCUT2D eigenvalue weighted by Crippen LogP contribution is 2.30. The number of hydrogen-bond acceptors (Lipinski definition) is 4. The van der Waals surface area contributed by atoms with E-state index in [0.29, 0.717) is 26.1 Å². The highest BCUT2D eigenvalue weighted by atomic mass is 32.2. The second-order valence-electron chi connectivity index (χ2n) is 5.70. The first-order valence-corrected chi connectivity index (χ1v) is 8.98. The van der Waals surface area contributed by atoms with Crippen molar-refractivity contribution < 1.29 is 17.9 Å². The molecule has 7 heteroatoms. The van der Waals surface area contributed by atoms with Crippen molar-refractivity contribution in [3.05, 3.63) is 23.8 Å². The number of nitrogens with zero attached hydrogens (tertiary/aromatic N) is 1. The fourth-order valence-corrected chi connectivity index (χ4v) is 4.08. The van der Waals surface area contributed by atoms with E-state index in [9.17, 15) is 13.2 Å². The van der Waals surface area contributed by atoms with Gasteiger partial charge in [0.1, 0.15) is 0 Å². The molecule has 0 saturated carbocycles. The molecule has 1 fully saturated rings. The summed E-state index contributed by atoms with van der Waals surface area (Å²) in [5.41, 5.74) is 1.71. The molecule has 0 bridgehead atoms. The van der Waals surface area contributed by atoms with E-state index in [0.717, 1.165) is 24.1 Å². The lowest BCUT2D eigenvalue weighted by molar-refractivity contribution is -0.116. The van der Waals surface area contributed by atoms with E-state index in [-0.39, 0.29) is 16.9 Å². The normalized spacial score (nSPS) is 21.1. The summed E-state index contributed by atoms with van der Waals surface area (Å²) < 4.78 is 32.8. The molecular formula is C15H20N2O4S. The van der Waals surface area contributed by atoms with Crippen LogP contribution < -0.4 is 9.62 Å². The third kappa shape index (κ3) is 3.02. The Morgan fingerprint density at radius 3 is 2.95 bits per heavy atom. The predicted octanol–water partition coefficient (Wildman–Crippen LogP) is 1.05. The smallest absolute Gasteiger partial charge is 0.240 e. The van der Waals surface area contributed by atoms with Gasteiger partial charge in [-0.3, -0.25) is 4.79 Å². The van der Waals surface area contributed by atoms with Crippen molar-refractivity contribution in [3.8, 4) is 0 Å². The number of carbonyl (C=O) groups is 1. The molecule has 6 nitrogen and oxygen atoms in total. The lowest BCUT2D eigenvalue weighted by Crippen LogP contribution is -2.31. The van der Waals surface area contributed by atoms with Gasteiger partial charge < -0.3 is 9.64 Å². The number of nitrogens with one attached hydrogen (secondary N) is 1. The maximum atomic E-state index is 12.4. The van der Waals surface area contributed by atoms with Crippen LogP contribution in [0.25, 0.3) is 0 Å². The first-order valence-electron chi connectivity index (χ1n) is 7.50. The van der Waals surface area contributed by atoms with Crippen LogP contribution in [0.1, 0.15) is 25.3 Å². The van der Waals surface area contributed by atoms with E-state index in [2.05, 4.69) is 4.72 Å². The molecule has 0 aliphatic carbocycles. The van der Waals surface area contributed by atoms with E-state index < -0.39 is 10.0 Å². The lowest BCUT2D eigenvalue weighted by Gasteiger charge is -2.15. The molecule has 120 valence electrons. The molecule has 2 aliphatic heterocycles. The molecule has 3 rings (SSSR count). The molecule has 1 saturated heterocycles. The summed E-state index contributed by atoms with van der Waals surface area (Å²) in [6.07, 6.45) is 2.52. The lowest BCUT2D eigenvalue weighted by atomic mass is 10.2. The highest BCUT2D eigenvalue weighted by Gasteiger charge is 2.25. The van der Waals surface area contributed by atoms with Crippen LogP contribution in [0, 0.1) is 0 Å². The first-order chi connectivity index (χ1) is 10.5. The second-order valence-corrected chi connectivity index (χ2v) is 7.47. The molecule has 1 N–H and O–H groups in total. The molecule has 1 aromatic rings. The molecule has 1 amide bonds. The Balaban J connectivity index is 1.75. The molecule has 2 aliphatic rings. The Morgan fingerprint density at radius 2 is 2.27 bits per heavy atom. The Kier molecular flexibility index (Phi) is 4.20. The molecule has 1 unspecified atom stereocenters. The number of hydrogen-bond donors (Lipinski definition) is 1. The summed E-state index contributed by atoms with van der Waals surface area (Å²) >= 11 is 0. The van der Waals surface area contributed by atoms with Crippen LogP contribution in [0.5, 0.6) is 0 Å². The molecule has 0 spiro atoms. The Bertz CT molecular complexity index is 681. The van der Waals surface area contributed by atoms with Crippen molar-refractivity contribution in [2.24, 2.45) is 0 Å². The predicted molar refractivity (Wildman–Crippen MR) is 82.3 cm³/mol. The number of benzene rings is 1. The minimum absolute atomic E-state index is 0.0223. The van der Waals surface area contributed by atoms with Crippen molar-refractivity contribution in [3.63, 3.8) is 0 Å². The maximum absolute atomic E-state index is 12.4. The fraction of sp³-hybridized carbons (Fsp3) is 0.533. The summed E-state index contributed by atoms with van der Waals surface area (Å²) in [5, 5.41) is 0. The van der Waals surface area contributed by atoms with Gasteiger partial charge in [-0.05, 0) is 43.0 Å². The quantitative estimate of drug-likeness (QED) is 0.898. The van der Waals surface area contributed by atoms with Crippen LogP contribution in [0.15, 0.2) is 23.1 Å². The minimum Gasteiger partial charge on any atom is -0.377 e. The largest absolute Gasteiger partial charge is 0.377 e. The van der Waals surface area contributed by atoms with Crippen LogP contribution in [0.3, 0.4) is 0 Å². The van der Waals surface area contributed by atoms with Gasteiger partial charge in [-0.2, -0.15) is 0 Å². The number of ether oxygens (including phenoxy) is 1. The molecular weight excluding hydrogens is 304 g/mol. The number of anilines is 1. The van der Waals surface area contributed by atoms with E-state index in [1.165, 1.54) is 6.92 Å². The molecule has 2 heterocycles. The average Bonchev–Trinajstić information content (AvgIpc) is 3.13. The Labute approximate surface area is 130 Å². The van der Waals surface area contributed by atoms with Crippen LogP contribution in [-0.2, 0) is 26.0 Å². The van der Waals surface area contributed by atoms with Gasteiger partial charge in [0.2, 0.25) is 15.9 Å². The average molecular weight is 324 g/mol. The fourth-order valence-electron chi connectivity index (χ4n) is 2.96. The van der Waals surface area contributed by atoms with E-state index in [1.807, 2.05) is 0 Å². The number of carbonyl (C=O) groups excluding carboxylic acids is 1. The van der Waals surface area contributed by atoms with E-state index in [1.54, 1.807) is 23.1 Å². The van der Waals surface area contributed by atoms with Crippen molar-refractivity contribution in [2.75, 3.05) is 24.6 Å². The van der Waals surface area contributed by atoms with Gasteiger partial charge in [-0.15, -0.1) is 0 Å². The SMILES string of the molecule is CC(=O)N1CCc2cc(S(=O)(=O)NCC3CCCO3)ccc21. The third-order valence-electron chi connectivity index (χ3n) is 4.16. The number of amides is 1. The third-order valence-corrected chi connectivity index (χ3v) is 5.58. The van der Waals surface area contributed by atoms with Gasteiger partial charge in [0.25, 0.3) is 0 Å². The molecule has 0 radical (unpaired) electrons. The maximum Gasteiger partial charge on any atom is 0.240 e. The first kappa shape index (κ1) is 15.5. The van der Waals surface area contributed by atoms with Crippen molar-refractivity contribution >= 4 is 21.6 Å². The van der Waals surface area contributed by atoms with E-state index in [4.69, 9.17) is 4.74 Å². The zero-order chi connectivity index (χ0) is 15.7. The van der Waals surface area contributed by atoms with Crippen LogP contribution in [0.4, 0.5) is 5.69 Å². The molecule has 1 atom stereocenters. The summed E-state index contributed by atoms with van der Waals surface area (Å²) in [5.74, 6) is -0.0223. The van der Waals surface area contributed by atoms with Crippen molar-refractivity contribution in [1.29, 1.82) is 0 Å². The van der Waals surface area contributed by atoms with Gasteiger partial charge in [-0.25, -0.2) is 13.1 Å². The zero-order valence-electron chi connectivity index (χ0n) is 12.5. The van der Waals surface area contributed by atoms with Crippen molar-refractivity contribution in [2.45, 2.75) is 37.2 Å². The second kappa shape index (κ2) is 5.98. The highest BCUT2D eigenvalue weighted by molar-refractivity contribution is 7.89. The number of sulfonamides is 1. The van der Waals surface area contributed by atoms with E-state index >= 15 is 0 Å². The standard InChI is InChI=1S/C15H20N2O4S/c1-11(18)17-7-6-12-9-14(4-5-15(12)17)22(19,20)16-10-13-3-2-8-21-13/h4-5,9,13,16H,2-3,6-8,10H2,1H3. The summed E-state index contributed by atoms with van der Waals surface area (Å²) in [6, 6.07) is 4.93. The van der Waals surface area contributed by atoms with Crippen LogP contribution in [0.2, 0.25) is 0 Å². The van der Waals surface area contributed by atoms with Gasteiger partial charge >= 0.3 is 0 Å². The zero-order valence-corrected chi connectivity index (χ0v) is 13.4. The molecule has 1 aromatic carbocycles. The number of rotatable bonds is 4. The molecule has 22 heavy (non-hydrogen) atoms. The minimum atomic E-state index is -3.54.